The molecule has 0 saturated carbocycles. The Balaban J connectivity index is 0.00000243. The fourth-order valence-electron chi connectivity index (χ4n) is 3.84. The van der Waals surface area contributed by atoms with Crippen LogP contribution in [0.1, 0.15) is 52.5 Å². The largest absolute Gasteiger partial charge is 0.481 e. The minimum Gasteiger partial charge on any atom is -0.481 e. The van der Waals surface area contributed by atoms with Crippen molar-refractivity contribution in [2.45, 2.75) is 45.4 Å². The highest BCUT2D eigenvalue weighted by Crippen LogP contribution is 2.39. The number of rotatable bonds is 7. The maximum Gasteiger partial charge on any atom is 0.307 e. The summed E-state index contributed by atoms with van der Waals surface area (Å²) >= 11 is 3.74. The molecule has 3 nitrogen and oxygen atoms in total. The van der Waals surface area contributed by atoms with E-state index in [2.05, 4.69) is 41.6 Å². The van der Waals surface area contributed by atoms with E-state index in [1.54, 1.807) is 0 Å². The lowest BCUT2D eigenvalue weighted by atomic mass is 9.94. The van der Waals surface area contributed by atoms with Crippen molar-refractivity contribution >= 4 is 41.0 Å². The average molecular weight is 414 g/mol. The van der Waals surface area contributed by atoms with Crippen LogP contribution in [0.5, 0.6) is 0 Å². The molecule has 0 unspecified atom stereocenters. The standard InChI is InChI=1S/C20H27NO2S2.ClH/c1-14-7-11-24-18(14)17(19-15(2)8-12-25-19)6-4-10-21-9-3-5-16(13-21)20(22)23;/h7-8,11-12,16-17H,3-6,9-10,13H2,1-2H3,(H,22,23);1H/t16-;/m1./s1. The van der Waals surface area contributed by atoms with E-state index in [9.17, 15) is 9.90 Å². The van der Waals surface area contributed by atoms with Gasteiger partial charge in [0.2, 0.25) is 0 Å². The Hall–Kier alpha value is -0.880. The highest BCUT2D eigenvalue weighted by Gasteiger charge is 2.26. The van der Waals surface area contributed by atoms with Crippen LogP contribution in [0.3, 0.4) is 0 Å². The Kier molecular flexibility index (Phi) is 8.14. The molecular formula is C20H28ClNO2S2. The number of hydrogen-bond donors (Lipinski definition) is 1. The second-order valence-electron chi connectivity index (χ2n) is 7.11. The van der Waals surface area contributed by atoms with Gasteiger partial charge in [-0.05, 0) is 86.6 Å². The van der Waals surface area contributed by atoms with Crippen LogP contribution in [0.2, 0.25) is 0 Å². The molecule has 26 heavy (non-hydrogen) atoms. The van der Waals surface area contributed by atoms with Crippen molar-refractivity contribution in [3.63, 3.8) is 0 Å². The summed E-state index contributed by atoms with van der Waals surface area (Å²) < 4.78 is 0. The van der Waals surface area contributed by atoms with Gasteiger partial charge in [0.05, 0.1) is 5.92 Å². The van der Waals surface area contributed by atoms with E-state index in [0.29, 0.717) is 5.92 Å². The monoisotopic (exact) mass is 413 g/mol. The lowest BCUT2D eigenvalue weighted by Crippen LogP contribution is -2.39. The van der Waals surface area contributed by atoms with Gasteiger partial charge in [-0.2, -0.15) is 0 Å². The van der Waals surface area contributed by atoms with Crippen molar-refractivity contribution < 1.29 is 9.90 Å². The summed E-state index contributed by atoms with van der Waals surface area (Å²) in [6.45, 7) is 7.20. The normalized spacial score (nSPS) is 18.0. The van der Waals surface area contributed by atoms with Crippen LogP contribution < -0.4 is 0 Å². The molecule has 2 aromatic rings. The maximum absolute atomic E-state index is 11.2. The van der Waals surface area contributed by atoms with Crippen LogP contribution in [0.4, 0.5) is 0 Å². The number of hydrogen-bond acceptors (Lipinski definition) is 4. The maximum atomic E-state index is 11.2. The number of carboxylic acid groups (broad SMARTS) is 1. The summed E-state index contributed by atoms with van der Waals surface area (Å²) in [7, 11) is 0. The Bertz CT molecular complexity index is 672. The third kappa shape index (κ3) is 5.10. The number of carbonyl (C=O) groups is 1. The first kappa shape index (κ1) is 21.4. The lowest BCUT2D eigenvalue weighted by molar-refractivity contribution is -0.143. The van der Waals surface area contributed by atoms with Crippen LogP contribution in [-0.4, -0.2) is 35.6 Å². The van der Waals surface area contributed by atoms with Crippen molar-refractivity contribution in [3.05, 3.63) is 43.8 Å². The van der Waals surface area contributed by atoms with Crippen molar-refractivity contribution in [2.75, 3.05) is 19.6 Å². The van der Waals surface area contributed by atoms with Gasteiger partial charge in [0.25, 0.3) is 0 Å². The minimum absolute atomic E-state index is 0. The fourth-order valence-corrected chi connectivity index (χ4v) is 6.06. The van der Waals surface area contributed by atoms with E-state index in [1.807, 2.05) is 22.7 Å². The molecule has 0 amide bonds. The highest BCUT2D eigenvalue weighted by atomic mass is 35.5. The zero-order chi connectivity index (χ0) is 17.8. The summed E-state index contributed by atoms with van der Waals surface area (Å²) in [5.41, 5.74) is 2.79. The predicted octanol–water partition coefficient (Wildman–Crippen LogP) is 5.56. The Morgan fingerprint density at radius 2 is 1.85 bits per heavy atom. The van der Waals surface area contributed by atoms with Crippen molar-refractivity contribution in [1.29, 1.82) is 0 Å². The molecule has 0 bridgehead atoms. The average Bonchev–Trinajstić information content (AvgIpc) is 3.21. The lowest BCUT2D eigenvalue weighted by Gasteiger charge is -2.31. The van der Waals surface area contributed by atoms with Gasteiger partial charge in [0.15, 0.2) is 0 Å². The summed E-state index contributed by atoms with van der Waals surface area (Å²) in [5, 5.41) is 13.7. The molecule has 0 aromatic carbocycles. The third-order valence-corrected chi connectivity index (χ3v) is 7.52. The number of aryl methyl sites for hydroxylation is 2. The molecular weight excluding hydrogens is 386 g/mol. The van der Waals surface area contributed by atoms with Gasteiger partial charge in [-0.25, -0.2) is 0 Å². The summed E-state index contributed by atoms with van der Waals surface area (Å²) in [5.74, 6) is -0.324. The van der Waals surface area contributed by atoms with Gasteiger partial charge in [0, 0.05) is 22.2 Å². The van der Waals surface area contributed by atoms with Crippen LogP contribution >= 0.6 is 35.1 Å². The molecule has 1 aliphatic heterocycles. The fraction of sp³-hybridized carbons (Fsp3) is 0.550. The molecule has 1 saturated heterocycles. The van der Waals surface area contributed by atoms with Gasteiger partial charge in [-0.15, -0.1) is 35.1 Å². The zero-order valence-electron chi connectivity index (χ0n) is 15.4. The highest BCUT2D eigenvalue weighted by molar-refractivity contribution is 7.11. The Labute approximate surface area is 170 Å². The topological polar surface area (TPSA) is 40.5 Å². The second-order valence-corrected chi connectivity index (χ2v) is 9.00. The second kappa shape index (κ2) is 9.88. The third-order valence-electron chi connectivity index (χ3n) is 5.26. The number of nitrogens with zero attached hydrogens (tertiary/aromatic N) is 1. The van der Waals surface area contributed by atoms with E-state index in [1.165, 1.54) is 20.9 Å². The molecule has 1 aliphatic rings. The smallest absolute Gasteiger partial charge is 0.307 e. The van der Waals surface area contributed by atoms with Crippen molar-refractivity contribution in [3.8, 4) is 0 Å². The van der Waals surface area contributed by atoms with Crippen LogP contribution in [0, 0.1) is 19.8 Å². The number of likely N-dealkylation sites (tertiary alicyclic amines) is 1. The number of halogens is 1. The van der Waals surface area contributed by atoms with Gasteiger partial charge >= 0.3 is 5.97 Å². The van der Waals surface area contributed by atoms with Crippen molar-refractivity contribution in [1.82, 2.24) is 4.90 Å². The molecule has 1 atom stereocenters. The summed E-state index contributed by atoms with van der Waals surface area (Å²) in [6, 6.07) is 4.44. The Morgan fingerprint density at radius 1 is 1.23 bits per heavy atom. The van der Waals surface area contributed by atoms with E-state index < -0.39 is 5.97 Å². The van der Waals surface area contributed by atoms with Gasteiger partial charge < -0.3 is 10.0 Å². The molecule has 3 heterocycles. The van der Waals surface area contributed by atoms with Gasteiger partial charge in [-0.1, -0.05) is 0 Å². The van der Waals surface area contributed by atoms with Crippen LogP contribution in [-0.2, 0) is 4.79 Å². The van der Waals surface area contributed by atoms with E-state index >= 15 is 0 Å². The molecule has 1 N–H and O–H groups in total. The first-order chi connectivity index (χ1) is 12.1. The predicted molar refractivity (Wildman–Crippen MR) is 113 cm³/mol. The number of thiophene rings is 2. The Morgan fingerprint density at radius 3 is 2.35 bits per heavy atom. The zero-order valence-corrected chi connectivity index (χ0v) is 17.9. The van der Waals surface area contributed by atoms with Gasteiger partial charge in [0.1, 0.15) is 0 Å². The molecule has 144 valence electrons. The quantitative estimate of drug-likeness (QED) is 0.646. The van der Waals surface area contributed by atoms with Crippen LogP contribution in [0.25, 0.3) is 0 Å². The molecule has 1 fully saturated rings. The van der Waals surface area contributed by atoms with E-state index in [0.717, 1.165) is 45.3 Å². The molecule has 0 aliphatic carbocycles. The van der Waals surface area contributed by atoms with E-state index in [4.69, 9.17) is 0 Å². The molecule has 6 heteroatoms. The van der Waals surface area contributed by atoms with Gasteiger partial charge in [-0.3, -0.25) is 4.79 Å². The molecule has 0 spiro atoms. The minimum atomic E-state index is -0.633. The molecule has 0 radical (unpaired) electrons. The van der Waals surface area contributed by atoms with Crippen LogP contribution in [0.15, 0.2) is 22.9 Å². The first-order valence-electron chi connectivity index (χ1n) is 9.09. The summed E-state index contributed by atoms with van der Waals surface area (Å²) in [4.78, 5) is 16.6. The summed E-state index contributed by atoms with van der Waals surface area (Å²) in [6.07, 6.45) is 4.09. The van der Waals surface area contributed by atoms with E-state index in [-0.39, 0.29) is 18.3 Å². The molecule has 3 rings (SSSR count). The van der Waals surface area contributed by atoms with Crippen molar-refractivity contribution in [2.24, 2.45) is 5.92 Å². The number of aliphatic carboxylic acids is 1. The SMILES string of the molecule is Cc1ccsc1C(CCCN1CCC[C@@H](C(=O)O)C1)c1sccc1C.Cl. The number of carboxylic acids is 1. The number of piperidine rings is 1. The first-order valence-corrected chi connectivity index (χ1v) is 10.9. The molecule has 2 aromatic heterocycles.